The molecule has 0 aliphatic heterocycles. The first-order chi connectivity index (χ1) is 8.40. The predicted octanol–water partition coefficient (Wildman–Crippen LogP) is 3.83. The van der Waals surface area contributed by atoms with E-state index in [0.29, 0.717) is 11.5 Å². The number of benzene rings is 2. The van der Waals surface area contributed by atoms with Crippen LogP contribution in [0.25, 0.3) is 0 Å². The summed E-state index contributed by atoms with van der Waals surface area (Å²) in [5.74, 6) is 1.87. The third-order valence-electron chi connectivity index (χ3n) is 2.15. The first kappa shape index (κ1) is 11.5. The lowest BCUT2D eigenvalue weighted by Gasteiger charge is -2.11. The predicted molar refractivity (Wildman–Crippen MR) is 64.4 cm³/mol. The molecule has 0 saturated heterocycles. The normalized spacial score (nSPS) is 9.94. The minimum absolute atomic E-state index is 0.0369. The van der Waals surface area contributed by atoms with Gasteiger partial charge in [-0.2, -0.15) is 0 Å². The summed E-state index contributed by atoms with van der Waals surface area (Å²) in [5, 5.41) is 0. The summed E-state index contributed by atoms with van der Waals surface area (Å²) in [6.45, 7) is -0.477. The minimum atomic E-state index is -0.514. The van der Waals surface area contributed by atoms with E-state index in [-0.39, 0.29) is 6.61 Å². The molecular formula is C14H13FO2. The lowest BCUT2D eigenvalue weighted by molar-refractivity contribution is 0.264. The molecule has 0 aliphatic rings. The van der Waals surface area contributed by atoms with Crippen LogP contribution in [-0.2, 0) is 0 Å². The monoisotopic (exact) mass is 232 g/mol. The van der Waals surface area contributed by atoms with Crippen molar-refractivity contribution in [3.8, 4) is 17.2 Å². The summed E-state index contributed by atoms with van der Waals surface area (Å²) in [4.78, 5) is 0. The van der Waals surface area contributed by atoms with Gasteiger partial charge in [0.05, 0.1) is 0 Å². The Hall–Kier alpha value is -2.03. The lowest BCUT2D eigenvalue weighted by atomic mass is 10.3. The van der Waals surface area contributed by atoms with Crippen molar-refractivity contribution in [3.63, 3.8) is 0 Å². The van der Waals surface area contributed by atoms with Gasteiger partial charge in [0.1, 0.15) is 19.0 Å². The van der Waals surface area contributed by atoms with E-state index in [1.165, 1.54) is 0 Å². The second-order valence-corrected chi connectivity index (χ2v) is 3.40. The average Bonchev–Trinajstić information content (AvgIpc) is 2.39. The summed E-state index contributed by atoms with van der Waals surface area (Å²) in [7, 11) is 0. The van der Waals surface area contributed by atoms with Crippen LogP contribution in [0.1, 0.15) is 0 Å². The van der Waals surface area contributed by atoms with Gasteiger partial charge in [-0.15, -0.1) is 0 Å². The zero-order chi connectivity index (χ0) is 11.9. The standard InChI is InChI=1S/C14H13FO2/c15-10-11-16-13-8-4-5-9-14(13)17-12-6-2-1-3-7-12/h1-9H,10-11H2. The molecule has 2 aromatic rings. The van der Waals surface area contributed by atoms with Crippen LogP contribution in [0, 0.1) is 0 Å². The minimum Gasteiger partial charge on any atom is -0.487 e. The van der Waals surface area contributed by atoms with Crippen LogP contribution in [0.3, 0.4) is 0 Å². The third-order valence-corrected chi connectivity index (χ3v) is 2.15. The Morgan fingerprint density at radius 3 is 2.18 bits per heavy atom. The molecule has 2 nitrogen and oxygen atoms in total. The van der Waals surface area contributed by atoms with Crippen LogP contribution in [0.2, 0.25) is 0 Å². The number of alkyl halides is 1. The molecule has 0 bridgehead atoms. The van der Waals surface area contributed by atoms with Gasteiger partial charge in [-0.25, -0.2) is 4.39 Å². The Balaban J connectivity index is 2.15. The molecule has 88 valence electrons. The SMILES string of the molecule is FCCOc1ccccc1Oc1ccccc1. The fraction of sp³-hybridized carbons (Fsp3) is 0.143. The molecule has 0 aromatic heterocycles. The molecule has 0 heterocycles. The zero-order valence-corrected chi connectivity index (χ0v) is 9.30. The fourth-order valence-electron chi connectivity index (χ4n) is 1.42. The molecule has 3 heteroatoms. The van der Waals surface area contributed by atoms with E-state index in [0.717, 1.165) is 5.75 Å². The van der Waals surface area contributed by atoms with Crippen molar-refractivity contribution in [2.45, 2.75) is 0 Å². The van der Waals surface area contributed by atoms with Crippen molar-refractivity contribution in [2.75, 3.05) is 13.3 Å². The van der Waals surface area contributed by atoms with E-state index >= 15 is 0 Å². The number of hydrogen-bond donors (Lipinski definition) is 0. The summed E-state index contributed by atoms with van der Waals surface area (Å²) in [6.07, 6.45) is 0. The Labute approximate surface area is 99.6 Å². The maximum Gasteiger partial charge on any atom is 0.169 e. The van der Waals surface area contributed by atoms with Crippen molar-refractivity contribution in [1.29, 1.82) is 0 Å². The first-order valence-corrected chi connectivity index (χ1v) is 5.41. The Kier molecular flexibility index (Phi) is 3.97. The number of hydrogen-bond acceptors (Lipinski definition) is 2. The topological polar surface area (TPSA) is 18.5 Å². The second kappa shape index (κ2) is 5.89. The summed E-state index contributed by atoms with van der Waals surface area (Å²) in [6, 6.07) is 16.6. The van der Waals surface area contributed by atoms with Crippen LogP contribution in [0.5, 0.6) is 17.2 Å². The van der Waals surface area contributed by atoms with Crippen LogP contribution < -0.4 is 9.47 Å². The molecule has 0 saturated carbocycles. The second-order valence-electron chi connectivity index (χ2n) is 3.40. The van der Waals surface area contributed by atoms with Crippen molar-refractivity contribution in [3.05, 3.63) is 54.6 Å². The van der Waals surface area contributed by atoms with Crippen LogP contribution in [-0.4, -0.2) is 13.3 Å². The van der Waals surface area contributed by atoms with Gasteiger partial charge in [-0.3, -0.25) is 0 Å². The van der Waals surface area contributed by atoms with Gasteiger partial charge < -0.3 is 9.47 Å². The molecule has 0 atom stereocenters. The molecule has 2 aromatic carbocycles. The summed E-state index contributed by atoms with van der Waals surface area (Å²) >= 11 is 0. The molecule has 0 spiro atoms. The molecule has 0 N–H and O–H groups in total. The van der Waals surface area contributed by atoms with Gasteiger partial charge in [-0.05, 0) is 24.3 Å². The van der Waals surface area contributed by atoms with E-state index in [9.17, 15) is 4.39 Å². The number of ether oxygens (including phenoxy) is 2. The van der Waals surface area contributed by atoms with Gasteiger partial charge in [0, 0.05) is 0 Å². The number of rotatable bonds is 5. The largest absolute Gasteiger partial charge is 0.487 e. The third kappa shape index (κ3) is 3.21. The number of halogens is 1. The highest BCUT2D eigenvalue weighted by atomic mass is 19.1. The summed E-state index contributed by atoms with van der Waals surface area (Å²) in [5.41, 5.74) is 0. The van der Waals surface area contributed by atoms with Crippen LogP contribution in [0.4, 0.5) is 4.39 Å². The molecule has 2 rings (SSSR count). The van der Waals surface area contributed by atoms with Crippen LogP contribution in [0.15, 0.2) is 54.6 Å². The molecular weight excluding hydrogens is 219 g/mol. The van der Waals surface area contributed by atoms with Gasteiger partial charge in [-0.1, -0.05) is 30.3 Å². The first-order valence-electron chi connectivity index (χ1n) is 5.41. The van der Waals surface area contributed by atoms with Crippen molar-refractivity contribution < 1.29 is 13.9 Å². The molecule has 17 heavy (non-hydrogen) atoms. The Morgan fingerprint density at radius 2 is 1.47 bits per heavy atom. The maximum absolute atomic E-state index is 12.1. The lowest BCUT2D eigenvalue weighted by Crippen LogP contribution is -2.00. The van der Waals surface area contributed by atoms with Gasteiger partial charge in [0.15, 0.2) is 11.5 Å². The zero-order valence-electron chi connectivity index (χ0n) is 9.30. The van der Waals surface area contributed by atoms with E-state index in [2.05, 4.69) is 0 Å². The maximum atomic E-state index is 12.1. The van der Waals surface area contributed by atoms with E-state index < -0.39 is 6.67 Å². The average molecular weight is 232 g/mol. The van der Waals surface area contributed by atoms with Gasteiger partial charge in [0.2, 0.25) is 0 Å². The van der Waals surface area contributed by atoms with Crippen molar-refractivity contribution >= 4 is 0 Å². The number of para-hydroxylation sites is 3. The highest BCUT2D eigenvalue weighted by Gasteiger charge is 2.04. The van der Waals surface area contributed by atoms with Crippen molar-refractivity contribution in [2.24, 2.45) is 0 Å². The van der Waals surface area contributed by atoms with Crippen molar-refractivity contribution in [1.82, 2.24) is 0 Å². The molecule has 0 amide bonds. The Bertz CT molecular complexity index is 457. The van der Waals surface area contributed by atoms with Crippen LogP contribution >= 0.6 is 0 Å². The fourth-order valence-corrected chi connectivity index (χ4v) is 1.42. The molecule has 0 aliphatic carbocycles. The molecule has 0 fully saturated rings. The van der Waals surface area contributed by atoms with E-state index in [1.54, 1.807) is 12.1 Å². The highest BCUT2D eigenvalue weighted by molar-refractivity contribution is 5.42. The smallest absolute Gasteiger partial charge is 0.169 e. The van der Waals surface area contributed by atoms with E-state index in [1.807, 2.05) is 42.5 Å². The summed E-state index contributed by atoms with van der Waals surface area (Å²) < 4.78 is 23.0. The molecule has 0 radical (unpaired) electrons. The van der Waals surface area contributed by atoms with Gasteiger partial charge >= 0.3 is 0 Å². The molecule has 0 unspecified atom stereocenters. The highest BCUT2D eigenvalue weighted by Crippen LogP contribution is 2.30. The Morgan fingerprint density at radius 1 is 0.824 bits per heavy atom. The quantitative estimate of drug-likeness (QED) is 0.780. The van der Waals surface area contributed by atoms with E-state index in [4.69, 9.17) is 9.47 Å². The van der Waals surface area contributed by atoms with Gasteiger partial charge in [0.25, 0.3) is 0 Å².